The van der Waals surface area contributed by atoms with Gasteiger partial charge in [0, 0.05) is 37.2 Å². The molecule has 0 spiro atoms. The minimum atomic E-state index is -0.0956. The van der Waals surface area contributed by atoms with Crippen LogP contribution in [0, 0.1) is 18.8 Å². The van der Waals surface area contributed by atoms with Crippen LogP contribution in [0.4, 0.5) is 0 Å². The third kappa shape index (κ3) is 2.85. The zero-order valence-corrected chi connectivity index (χ0v) is 14.5. The molecular formula is C19H23N3O3. The Morgan fingerprint density at radius 3 is 3.16 bits per heavy atom. The number of aryl methyl sites for hydroxylation is 1. The lowest BCUT2D eigenvalue weighted by Gasteiger charge is -2.47. The monoisotopic (exact) mass is 341 g/mol. The van der Waals surface area contributed by atoms with Crippen molar-refractivity contribution in [3.63, 3.8) is 0 Å². The van der Waals surface area contributed by atoms with Crippen LogP contribution in [-0.4, -0.2) is 48.6 Å². The molecule has 1 aliphatic heterocycles. The van der Waals surface area contributed by atoms with E-state index in [2.05, 4.69) is 15.5 Å². The van der Waals surface area contributed by atoms with E-state index in [1.165, 1.54) is 0 Å². The maximum absolute atomic E-state index is 12.9. The molecule has 1 amide bonds. The lowest BCUT2D eigenvalue weighted by atomic mass is 9.67. The number of aromatic amines is 1. The predicted octanol–water partition coefficient (Wildman–Crippen LogP) is 2.16. The summed E-state index contributed by atoms with van der Waals surface area (Å²) in [4.78, 5) is 12.9. The van der Waals surface area contributed by atoms with Crippen molar-refractivity contribution in [3.8, 4) is 11.3 Å². The van der Waals surface area contributed by atoms with Crippen molar-refractivity contribution >= 4 is 5.91 Å². The first-order valence-electron chi connectivity index (χ1n) is 8.71. The summed E-state index contributed by atoms with van der Waals surface area (Å²) in [6.45, 7) is 3.40. The van der Waals surface area contributed by atoms with E-state index in [4.69, 9.17) is 9.47 Å². The number of hydrogen-bond donors (Lipinski definition) is 2. The lowest BCUT2D eigenvalue weighted by molar-refractivity contribution is -0.0809. The van der Waals surface area contributed by atoms with Crippen molar-refractivity contribution in [3.05, 3.63) is 41.6 Å². The topological polar surface area (TPSA) is 76.2 Å². The Balaban J connectivity index is 1.53. The van der Waals surface area contributed by atoms with Gasteiger partial charge in [-0.15, -0.1) is 0 Å². The molecule has 1 aliphatic carbocycles. The number of hydrogen-bond acceptors (Lipinski definition) is 4. The van der Waals surface area contributed by atoms with Gasteiger partial charge in [0.2, 0.25) is 0 Å². The third-order valence-electron chi connectivity index (χ3n) is 5.38. The molecule has 132 valence electrons. The number of aromatic nitrogens is 2. The van der Waals surface area contributed by atoms with Crippen LogP contribution in [0.25, 0.3) is 11.3 Å². The van der Waals surface area contributed by atoms with Gasteiger partial charge in [0.15, 0.2) is 0 Å². The largest absolute Gasteiger partial charge is 0.384 e. The lowest BCUT2D eigenvalue weighted by Crippen LogP contribution is -2.62. The molecule has 2 aromatic rings. The van der Waals surface area contributed by atoms with Gasteiger partial charge in [0.25, 0.3) is 5.91 Å². The number of fused-ring (bicyclic) bond motifs is 1. The van der Waals surface area contributed by atoms with Crippen LogP contribution in [0.15, 0.2) is 30.5 Å². The summed E-state index contributed by atoms with van der Waals surface area (Å²) in [6, 6.07) is 8.13. The zero-order chi connectivity index (χ0) is 17.4. The SMILES string of the molecule is COC[C@H]1[C@@H](NC(=O)c2cn[nH]c2-c2cccc(C)c2)[C@H]2CCO[C@H]21. The summed E-state index contributed by atoms with van der Waals surface area (Å²) in [7, 11) is 1.69. The van der Waals surface area contributed by atoms with E-state index in [9.17, 15) is 4.79 Å². The van der Waals surface area contributed by atoms with E-state index in [0.717, 1.165) is 29.8 Å². The van der Waals surface area contributed by atoms with Gasteiger partial charge in [-0.1, -0.05) is 23.8 Å². The Hall–Kier alpha value is -2.18. The van der Waals surface area contributed by atoms with Crippen molar-refractivity contribution in [2.75, 3.05) is 20.3 Å². The highest BCUT2D eigenvalue weighted by molar-refractivity contribution is 6.00. The maximum atomic E-state index is 12.9. The molecule has 4 rings (SSSR count). The molecule has 6 nitrogen and oxygen atoms in total. The van der Waals surface area contributed by atoms with Gasteiger partial charge in [0.1, 0.15) is 0 Å². The first-order valence-corrected chi connectivity index (χ1v) is 8.71. The van der Waals surface area contributed by atoms with E-state index in [0.29, 0.717) is 18.1 Å². The molecule has 1 saturated carbocycles. The summed E-state index contributed by atoms with van der Waals surface area (Å²) in [5.74, 6) is 0.510. The molecule has 2 N–H and O–H groups in total. The van der Waals surface area contributed by atoms with Gasteiger partial charge in [0.05, 0.1) is 30.2 Å². The normalized spacial score (nSPS) is 27.6. The van der Waals surface area contributed by atoms with E-state index in [-0.39, 0.29) is 24.0 Å². The average Bonchev–Trinajstić information content (AvgIpc) is 3.25. The molecule has 2 heterocycles. The van der Waals surface area contributed by atoms with Gasteiger partial charge >= 0.3 is 0 Å². The molecule has 1 aromatic carbocycles. The highest BCUT2D eigenvalue weighted by Gasteiger charge is 2.54. The third-order valence-corrected chi connectivity index (χ3v) is 5.38. The van der Waals surface area contributed by atoms with E-state index in [1.807, 2.05) is 31.2 Å². The van der Waals surface area contributed by atoms with E-state index >= 15 is 0 Å². The Labute approximate surface area is 146 Å². The van der Waals surface area contributed by atoms with Crippen molar-refractivity contribution in [2.24, 2.45) is 11.8 Å². The molecule has 25 heavy (non-hydrogen) atoms. The number of nitrogens with one attached hydrogen (secondary N) is 2. The standard InChI is InChI=1S/C19H23N3O3/c1-11-4-3-5-12(8-11)16-14(9-20-22-16)19(23)21-17-13-6-7-25-18(13)15(17)10-24-2/h3-5,8-9,13,15,17-18H,6-7,10H2,1-2H3,(H,20,22)(H,21,23)/t13-,15+,17+,18-/m1/s1. The number of amides is 1. The number of nitrogens with zero attached hydrogens (tertiary/aromatic N) is 1. The van der Waals surface area contributed by atoms with Crippen molar-refractivity contribution in [1.82, 2.24) is 15.5 Å². The number of methoxy groups -OCH3 is 1. The fourth-order valence-electron chi connectivity index (χ4n) is 4.14. The minimum Gasteiger partial charge on any atom is -0.384 e. The van der Waals surface area contributed by atoms with Crippen LogP contribution in [0.2, 0.25) is 0 Å². The maximum Gasteiger partial charge on any atom is 0.255 e. The first-order chi connectivity index (χ1) is 12.2. The number of ether oxygens (including phenoxy) is 2. The average molecular weight is 341 g/mol. The molecule has 1 saturated heterocycles. The van der Waals surface area contributed by atoms with Crippen LogP contribution < -0.4 is 5.32 Å². The quantitative estimate of drug-likeness (QED) is 0.874. The predicted molar refractivity (Wildman–Crippen MR) is 93.2 cm³/mol. The van der Waals surface area contributed by atoms with Gasteiger partial charge in [-0.05, 0) is 19.4 Å². The highest BCUT2D eigenvalue weighted by Crippen LogP contribution is 2.44. The summed E-state index contributed by atoms with van der Waals surface area (Å²) in [6.07, 6.45) is 2.80. The van der Waals surface area contributed by atoms with Crippen LogP contribution in [0.5, 0.6) is 0 Å². The fraction of sp³-hybridized carbons (Fsp3) is 0.474. The van der Waals surface area contributed by atoms with E-state index < -0.39 is 0 Å². The molecule has 2 aliphatic rings. The van der Waals surface area contributed by atoms with Crippen LogP contribution in [0.1, 0.15) is 22.3 Å². The molecule has 0 radical (unpaired) electrons. The first kappa shape index (κ1) is 16.3. The van der Waals surface area contributed by atoms with Crippen LogP contribution in [0.3, 0.4) is 0 Å². The Morgan fingerprint density at radius 2 is 2.36 bits per heavy atom. The van der Waals surface area contributed by atoms with Gasteiger partial charge in [-0.25, -0.2) is 0 Å². The highest BCUT2D eigenvalue weighted by atomic mass is 16.5. The molecular weight excluding hydrogens is 318 g/mol. The Morgan fingerprint density at radius 1 is 1.48 bits per heavy atom. The van der Waals surface area contributed by atoms with Gasteiger partial charge in [-0.3, -0.25) is 9.89 Å². The van der Waals surface area contributed by atoms with Crippen LogP contribution in [-0.2, 0) is 9.47 Å². The Kier molecular flexibility index (Phi) is 4.31. The molecule has 2 fully saturated rings. The number of carbonyl (C=O) groups is 1. The fourth-order valence-corrected chi connectivity index (χ4v) is 4.14. The second-order valence-corrected chi connectivity index (χ2v) is 6.93. The van der Waals surface area contributed by atoms with Gasteiger partial charge in [-0.2, -0.15) is 5.10 Å². The summed E-state index contributed by atoms with van der Waals surface area (Å²) < 4.78 is 11.1. The summed E-state index contributed by atoms with van der Waals surface area (Å²) in [5, 5.41) is 10.2. The molecule has 0 unspecified atom stereocenters. The molecule has 1 aromatic heterocycles. The second kappa shape index (κ2) is 6.61. The summed E-state index contributed by atoms with van der Waals surface area (Å²) >= 11 is 0. The molecule has 6 heteroatoms. The number of rotatable bonds is 5. The number of carbonyl (C=O) groups excluding carboxylic acids is 1. The van der Waals surface area contributed by atoms with Crippen molar-refractivity contribution < 1.29 is 14.3 Å². The molecule has 0 bridgehead atoms. The Bertz CT molecular complexity index is 773. The van der Waals surface area contributed by atoms with Gasteiger partial charge < -0.3 is 14.8 Å². The smallest absolute Gasteiger partial charge is 0.255 e. The van der Waals surface area contributed by atoms with E-state index in [1.54, 1.807) is 13.3 Å². The number of H-pyrrole nitrogens is 1. The second-order valence-electron chi connectivity index (χ2n) is 6.93. The van der Waals surface area contributed by atoms with Crippen molar-refractivity contribution in [1.29, 1.82) is 0 Å². The zero-order valence-electron chi connectivity index (χ0n) is 14.5. The number of benzene rings is 1. The molecule has 4 atom stereocenters. The minimum absolute atomic E-state index is 0.0956. The van der Waals surface area contributed by atoms with Crippen molar-refractivity contribution in [2.45, 2.75) is 25.5 Å². The van der Waals surface area contributed by atoms with Crippen LogP contribution >= 0.6 is 0 Å². The summed E-state index contributed by atoms with van der Waals surface area (Å²) in [5.41, 5.74) is 3.43.